The molecule has 3 saturated carbocycles. The number of carbonyl (C=O) groups is 4. The summed E-state index contributed by atoms with van der Waals surface area (Å²) in [6, 6.07) is 9.69. The number of nitrogens with zero attached hydrogens (tertiary/aromatic N) is 1. The van der Waals surface area contributed by atoms with Gasteiger partial charge in [0.05, 0.1) is 18.4 Å². The lowest BCUT2D eigenvalue weighted by Gasteiger charge is -2.57. The van der Waals surface area contributed by atoms with Crippen LogP contribution in [0.15, 0.2) is 53.3 Å². The van der Waals surface area contributed by atoms with Gasteiger partial charge in [-0.25, -0.2) is 0 Å². The van der Waals surface area contributed by atoms with Crippen LogP contribution < -0.4 is 0 Å². The monoisotopic (exact) mass is 585 g/mol. The summed E-state index contributed by atoms with van der Waals surface area (Å²) in [5.74, 6) is 0.258. The van der Waals surface area contributed by atoms with Crippen LogP contribution in [-0.2, 0) is 35.2 Å². The van der Waals surface area contributed by atoms with E-state index in [9.17, 15) is 19.2 Å². The van der Waals surface area contributed by atoms with E-state index in [1.54, 1.807) is 0 Å². The van der Waals surface area contributed by atoms with E-state index in [1.807, 2.05) is 30.3 Å². The summed E-state index contributed by atoms with van der Waals surface area (Å²) in [5, 5.41) is 0. The van der Waals surface area contributed by atoms with Gasteiger partial charge < -0.3 is 9.47 Å². The molecule has 228 valence electrons. The molecule has 0 spiro atoms. The van der Waals surface area contributed by atoms with E-state index in [0.717, 1.165) is 56.1 Å². The van der Waals surface area contributed by atoms with Crippen LogP contribution in [0, 0.1) is 46.3 Å². The van der Waals surface area contributed by atoms with Gasteiger partial charge in [-0.2, -0.15) is 0 Å². The Morgan fingerprint density at radius 1 is 0.907 bits per heavy atom. The normalized spacial score (nSPS) is 39.7. The predicted molar refractivity (Wildman–Crippen MR) is 159 cm³/mol. The molecule has 1 heterocycles. The van der Waals surface area contributed by atoms with Gasteiger partial charge in [-0.1, -0.05) is 55.8 Å². The number of imide groups is 1. The maximum absolute atomic E-state index is 14.1. The number of hydrogen-bond acceptors (Lipinski definition) is 6. The summed E-state index contributed by atoms with van der Waals surface area (Å²) in [7, 11) is 0. The zero-order valence-corrected chi connectivity index (χ0v) is 25.8. The Morgan fingerprint density at radius 3 is 2.37 bits per heavy atom. The first-order chi connectivity index (χ1) is 20.5. The van der Waals surface area contributed by atoms with E-state index in [1.165, 1.54) is 24.3 Å². The Hall–Kier alpha value is -3.22. The van der Waals surface area contributed by atoms with Crippen molar-refractivity contribution in [2.75, 3.05) is 0 Å². The number of benzene rings is 1. The van der Waals surface area contributed by atoms with Crippen molar-refractivity contribution in [2.24, 2.45) is 46.3 Å². The predicted octanol–water partition coefficient (Wildman–Crippen LogP) is 6.13. The molecule has 7 rings (SSSR count). The number of ether oxygens (including phenoxy) is 2. The Labute approximate surface area is 254 Å². The van der Waals surface area contributed by atoms with Crippen LogP contribution in [-0.4, -0.2) is 34.8 Å². The van der Waals surface area contributed by atoms with Crippen molar-refractivity contribution in [3.8, 4) is 0 Å². The van der Waals surface area contributed by atoms with Gasteiger partial charge in [0, 0.05) is 26.7 Å². The van der Waals surface area contributed by atoms with Crippen LogP contribution in [0.2, 0.25) is 0 Å². The van der Waals surface area contributed by atoms with Crippen molar-refractivity contribution < 1.29 is 28.7 Å². The molecule has 1 aromatic rings. The lowest BCUT2D eigenvalue weighted by molar-refractivity contribution is -0.148. The number of carbonyl (C=O) groups excluding carboxylic acids is 4. The highest BCUT2D eigenvalue weighted by atomic mass is 16.5. The number of esters is 2. The lowest BCUT2D eigenvalue weighted by atomic mass is 9.47. The summed E-state index contributed by atoms with van der Waals surface area (Å²) in [6.45, 7) is 7.97. The molecule has 1 saturated heterocycles. The van der Waals surface area contributed by atoms with Crippen molar-refractivity contribution in [1.29, 1.82) is 0 Å². The summed E-state index contributed by atoms with van der Waals surface area (Å²) >= 11 is 0. The summed E-state index contributed by atoms with van der Waals surface area (Å²) < 4.78 is 11.6. The number of allylic oxidation sites excluding steroid dienone is 3. The van der Waals surface area contributed by atoms with E-state index >= 15 is 0 Å². The molecule has 7 heteroatoms. The second-order valence-corrected chi connectivity index (χ2v) is 14.5. The molecule has 0 N–H and O–H groups in total. The fraction of sp³-hybridized carbons (Fsp3) is 0.611. The number of rotatable bonds is 4. The molecule has 43 heavy (non-hydrogen) atoms. The molecule has 0 radical (unpaired) electrons. The van der Waals surface area contributed by atoms with Gasteiger partial charge in [-0.3, -0.25) is 24.1 Å². The summed E-state index contributed by atoms with van der Waals surface area (Å²) in [6.07, 6.45) is 9.34. The van der Waals surface area contributed by atoms with Gasteiger partial charge in [0.1, 0.15) is 11.9 Å². The molecule has 0 unspecified atom stereocenters. The molecule has 7 nitrogen and oxygen atoms in total. The minimum atomic E-state index is -0.481. The van der Waals surface area contributed by atoms with Crippen LogP contribution in [0.1, 0.15) is 84.6 Å². The highest BCUT2D eigenvalue weighted by Gasteiger charge is 2.66. The maximum Gasteiger partial charge on any atom is 0.307 e. The molecule has 0 bridgehead atoms. The minimum absolute atomic E-state index is 0.0327. The minimum Gasteiger partial charge on any atom is -0.462 e. The van der Waals surface area contributed by atoms with Crippen LogP contribution in [0.5, 0.6) is 0 Å². The van der Waals surface area contributed by atoms with Gasteiger partial charge in [-0.15, -0.1) is 0 Å². The zero-order chi connectivity index (χ0) is 30.3. The zero-order valence-electron chi connectivity index (χ0n) is 25.8. The topological polar surface area (TPSA) is 90.0 Å². The molecule has 4 fully saturated rings. The van der Waals surface area contributed by atoms with E-state index in [4.69, 9.17) is 9.47 Å². The van der Waals surface area contributed by atoms with Crippen LogP contribution in [0.25, 0.3) is 0 Å². The van der Waals surface area contributed by atoms with E-state index in [2.05, 4.69) is 19.9 Å². The van der Waals surface area contributed by atoms with Gasteiger partial charge >= 0.3 is 11.9 Å². The third kappa shape index (κ3) is 4.35. The molecule has 5 aliphatic carbocycles. The molecule has 1 aromatic carbocycles. The van der Waals surface area contributed by atoms with Crippen LogP contribution in [0.4, 0.5) is 0 Å². The third-order valence-corrected chi connectivity index (χ3v) is 12.4. The van der Waals surface area contributed by atoms with E-state index < -0.39 is 11.8 Å². The largest absolute Gasteiger partial charge is 0.462 e. The highest BCUT2D eigenvalue weighted by Crippen LogP contribution is 2.70. The first kappa shape index (κ1) is 28.5. The molecule has 1 aliphatic heterocycles. The molecule has 2 amide bonds. The Kier molecular flexibility index (Phi) is 6.75. The van der Waals surface area contributed by atoms with Crippen LogP contribution in [0.3, 0.4) is 0 Å². The van der Waals surface area contributed by atoms with E-state index in [-0.39, 0.29) is 53.1 Å². The van der Waals surface area contributed by atoms with Crippen molar-refractivity contribution in [1.82, 2.24) is 4.90 Å². The van der Waals surface area contributed by atoms with Crippen molar-refractivity contribution in [2.45, 2.75) is 91.7 Å². The lowest BCUT2D eigenvalue weighted by Crippen LogP contribution is -2.50. The Balaban J connectivity index is 1.22. The first-order valence-corrected chi connectivity index (χ1v) is 16.2. The fourth-order valence-electron chi connectivity index (χ4n) is 10.7. The number of fused-ring (bicyclic) bond motifs is 9. The highest BCUT2D eigenvalue weighted by molar-refractivity contribution is 6.05. The van der Waals surface area contributed by atoms with Crippen molar-refractivity contribution in [3.63, 3.8) is 0 Å². The van der Waals surface area contributed by atoms with Gasteiger partial charge in [0.25, 0.3) is 0 Å². The molecule has 0 aromatic heterocycles. The van der Waals surface area contributed by atoms with Gasteiger partial charge in [-0.05, 0) is 84.2 Å². The van der Waals surface area contributed by atoms with Crippen molar-refractivity contribution in [3.05, 3.63) is 58.9 Å². The number of likely N-dealkylation sites (tertiary alicyclic amines) is 1. The van der Waals surface area contributed by atoms with Gasteiger partial charge in [0.2, 0.25) is 11.8 Å². The fourth-order valence-corrected chi connectivity index (χ4v) is 10.7. The molecule has 9 atom stereocenters. The average Bonchev–Trinajstić information content (AvgIpc) is 3.40. The van der Waals surface area contributed by atoms with E-state index in [0.29, 0.717) is 29.9 Å². The third-order valence-electron chi connectivity index (χ3n) is 12.4. The van der Waals surface area contributed by atoms with Crippen molar-refractivity contribution >= 4 is 23.8 Å². The first-order valence-electron chi connectivity index (χ1n) is 16.2. The molecular formula is C36H43NO6. The maximum atomic E-state index is 14.1. The average molecular weight is 586 g/mol. The Morgan fingerprint density at radius 2 is 1.65 bits per heavy atom. The standard InChI is InChI=1S/C36H43NO6/c1-20(38)42-24-12-14-35(3)23(16-24)10-11-25-28(35)13-15-36(4)29(25)17-26-31-27(18-30(32(26)36)43-21(2)39)33(40)37(34(31)41)19-22-8-6-5-7-9-22/h5-10,24-29,31H,11-19H2,1-4H3/t24-,25+,26+,27+,28-,29-,31+,35-,36-/m0/s1. The number of hydrogen-bond donors (Lipinski definition) is 0. The molecular weight excluding hydrogens is 542 g/mol. The molecule has 6 aliphatic rings. The van der Waals surface area contributed by atoms with Crippen LogP contribution >= 0.6 is 0 Å². The Bertz CT molecular complexity index is 1440. The SMILES string of the molecule is CC(=O)OC1=C2[C@H](C[C@H]3[C@@H]4CC=C5C[C@@H](OC(C)=O)CC[C@]5(C)[C@H]4CC[C@]23C)[C@H]2C(=O)N(Cc3ccccc3)C(=O)[C@@H]2C1. The quantitative estimate of drug-likeness (QED) is 0.240. The summed E-state index contributed by atoms with van der Waals surface area (Å²) in [5.41, 5.74) is 3.43. The summed E-state index contributed by atoms with van der Waals surface area (Å²) in [4.78, 5) is 53.4. The second kappa shape index (κ2) is 10.2. The smallest absolute Gasteiger partial charge is 0.307 e. The van der Waals surface area contributed by atoms with Gasteiger partial charge in [0.15, 0.2) is 0 Å². The second-order valence-electron chi connectivity index (χ2n) is 14.5. The number of amides is 2.